The molecule has 1 aliphatic rings. The molecule has 2 heterocycles. The fourth-order valence-corrected chi connectivity index (χ4v) is 4.30. The van der Waals surface area contributed by atoms with Gasteiger partial charge in [0.2, 0.25) is 0 Å². The van der Waals surface area contributed by atoms with E-state index in [4.69, 9.17) is 0 Å². The highest BCUT2D eigenvalue weighted by Crippen LogP contribution is 2.37. The van der Waals surface area contributed by atoms with E-state index < -0.39 is 23.7 Å². The number of rotatable bonds is 3. The average Bonchev–Trinajstić information content (AvgIpc) is 3.22. The number of hydrogen-bond donors (Lipinski definition) is 1. The van der Waals surface area contributed by atoms with Gasteiger partial charge in [0.05, 0.1) is 18.3 Å². The summed E-state index contributed by atoms with van der Waals surface area (Å²) in [6.07, 6.45) is 1.87. The summed E-state index contributed by atoms with van der Waals surface area (Å²) in [6.45, 7) is 0.415. The van der Waals surface area contributed by atoms with E-state index in [2.05, 4.69) is 5.32 Å². The van der Waals surface area contributed by atoms with Crippen LogP contribution in [0.15, 0.2) is 85.1 Å². The van der Waals surface area contributed by atoms with Crippen molar-refractivity contribution in [2.24, 2.45) is 0 Å². The molecule has 2 amide bonds. The van der Waals surface area contributed by atoms with Crippen molar-refractivity contribution in [3.63, 3.8) is 0 Å². The minimum absolute atomic E-state index is 0.183. The van der Waals surface area contributed by atoms with Gasteiger partial charge < -0.3 is 14.8 Å². The molecule has 0 fully saturated rings. The molecule has 1 N–H and O–H groups in total. The molecule has 4 aromatic rings. The minimum atomic E-state index is -0.731. The summed E-state index contributed by atoms with van der Waals surface area (Å²) in [5.74, 6) is -1.78. The Labute approximate surface area is 188 Å². The van der Waals surface area contributed by atoms with Gasteiger partial charge in [-0.15, -0.1) is 0 Å². The van der Waals surface area contributed by atoms with E-state index in [9.17, 15) is 18.0 Å². The number of halogens is 3. The van der Waals surface area contributed by atoms with Gasteiger partial charge in [-0.3, -0.25) is 0 Å². The Balaban J connectivity index is 1.57. The maximum absolute atomic E-state index is 14.2. The third-order valence-corrected chi connectivity index (χ3v) is 5.78. The van der Waals surface area contributed by atoms with Crippen molar-refractivity contribution in [3.05, 3.63) is 125 Å². The summed E-state index contributed by atoms with van der Waals surface area (Å²) in [5, 5.41) is 2.87. The van der Waals surface area contributed by atoms with Crippen molar-refractivity contribution in [1.29, 1.82) is 0 Å². The Morgan fingerprint density at radius 3 is 2.36 bits per heavy atom. The van der Waals surface area contributed by atoms with Crippen molar-refractivity contribution in [2.45, 2.75) is 19.1 Å². The topological polar surface area (TPSA) is 37.3 Å². The third-order valence-electron chi connectivity index (χ3n) is 5.78. The molecule has 0 bridgehead atoms. The Morgan fingerprint density at radius 2 is 1.61 bits per heavy atom. The fraction of sp³-hybridized carbons (Fsp3) is 0.115. The summed E-state index contributed by atoms with van der Waals surface area (Å²) in [5.41, 5.74) is 3.57. The van der Waals surface area contributed by atoms with Gasteiger partial charge in [0.15, 0.2) is 0 Å². The van der Waals surface area contributed by atoms with E-state index in [0.717, 1.165) is 22.9 Å². The number of amides is 2. The number of nitrogens with zero attached hydrogens (tertiary/aromatic N) is 2. The lowest BCUT2D eigenvalue weighted by molar-refractivity contribution is 0.180. The van der Waals surface area contributed by atoms with Crippen LogP contribution in [0.3, 0.4) is 0 Å². The van der Waals surface area contributed by atoms with Crippen molar-refractivity contribution in [1.82, 2.24) is 14.8 Å². The van der Waals surface area contributed by atoms with Crippen LogP contribution in [0, 0.1) is 17.5 Å². The van der Waals surface area contributed by atoms with Gasteiger partial charge in [-0.05, 0) is 59.2 Å². The second kappa shape index (κ2) is 8.50. The minimum Gasteiger partial charge on any atom is -0.334 e. The number of hydrogen-bond acceptors (Lipinski definition) is 1. The summed E-state index contributed by atoms with van der Waals surface area (Å²) in [7, 11) is 0. The molecule has 1 atom stereocenters. The zero-order valence-electron chi connectivity index (χ0n) is 17.5. The number of carbonyl (C=O) groups is 1. The second-order valence-corrected chi connectivity index (χ2v) is 7.95. The quantitative estimate of drug-likeness (QED) is 0.429. The molecule has 0 unspecified atom stereocenters. The van der Waals surface area contributed by atoms with Gasteiger partial charge in [0.25, 0.3) is 0 Å². The summed E-state index contributed by atoms with van der Waals surface area (Å²) >= 11 is 0. The number of para-hydroxylation sites is 1. The molecule has 0 spiro atoms. The molecule has 1 aromatic heterocycles. The summed E-state index contributed by atoms with van der Waals surface area (Å²) < 4.78 is 43.5. The van der Waals surface area contributed by atoms with Crippen LogP contribution >= 0.6 is 0 Å². The van der Waals surface area contributed by atoms with Crippen molar-refractivity contribution in [2.75, 3.05) is 0 Å². The smallest absolute Gasteiger partial charge is 0.318 e. The Morgan fingerprint density at radius 1 is 0.879 bits per heavy atom. The molecule has 5 rings (SSSR count). The first kappa shape index (κ1) is 20.9. The van der Waals surface area contributed by atoms with Crippen LogP contribution in [0.4, 0.5) is 18.0 Å². The summed E-state index contributed by atoms with van der Waals surface area (Å²) in [4.78, 5) is 15.0. The van der Waals surface area contributed by atoms with Crippen LogP contribution in [-0.4, -0.2) is 15.5 Å². The predicted octanol–water partition coefficient (Wildman–Crippen LogP) is 5.71. The lowest BCUT2D eigenvalue weighted by atomic mass is 10.0. The van der Waals surface area contributed by atoms with Gasteiger partial charge in [0.1, 0.15) is 17.5 Å². The Hall–Kier alpha value is -4.00. The zero-order chi connectivity index (χ0) is 22.9. The van der Waals surface area contributed by atoms with Gasteiger partial charge in [-0.25, -0.2) is 18.0 Å². The van der Waals surface area contributed by atoms with Crippen LogP contribution in [0.1, 0.15) is 28.4 Å². The molecular weight excluding hydrogens is 427 g/mol. The van der Waals surface area contributed by atoms with Gasteiger partial charge in [0, 0.05) is 24.5 Å². The molecule has 0 aliphatic carbocycles. The monoisotopic (exact) mass is 447 g/mol. The highest BCUT2D eigenvalue weighted by Gasteiger charge is 2.33. The van der Waals surface area contributed by atoms with Gasteiger partial charge in [-0.1, -0.05) is 30.3 Å². The lowest BCUT2D eigenvalue weighted by Gasteiger charge is -2.31. The van der Waals surface area contributed by atoms with Crippen LogP contribution in [0.25, 0.3) is 5.69 Å². The number of carbonyl (C=O) groups excluding carboxylic acids is 1. The van der Waals surface area contributed by atoms with Crippen molar-refractivity contribution in [3.8, 4) is 5.69 Å². The lowest BCUT2D eigenvalue weighted by Crippen LogP contribution is -2.41. The van der Waals surface area contributed by atoms with Crippen LogP contribution in [-0.2, 0) is 13.1 Å². The fourth-order valence-electron chi connectivity index (χ4n) is 4.30. The Kier molecular flexibility index (Phi) is 5.38. The second-order valence-electron chi connectivity index (χ2n) is 7.95. The van der Waals surface area contributed by atoms with E-state index >= 15 is 0 Å². The highest BCUT2D eigenvalue weighted by molar-refractivity contribution is 5.76. The molecule has 0 saturated carbocycles. The van der Waals surface area contributed by atoms with Crippen molar-refractivity contribution < 1.29 is 18.0 Å². The SMILES string of the molecule is O=C(NCc1ccc(F)cc1)N1Cc2ccccc2-n2cccc2[C@@H]1c1cc(F)cc(F)c1. The molecule has 3 aromatic carbocycles. The van der Waals surface area contributed by atoms with Crippen LogP contribution in [0.2, 0.25) is 0 Å². The average molecular weight is 447 g/mol. The molecule has 33 heavy (non-hydrogen) atoms. The molecule has 0 saturated heterocycles. The zero-order valence-corrected chi connectivity index (χ0v) is 17.5. The first-order valence-corrected chi connectivity index (χ1v) is 10.5. The highest BCUT2D eigenvalue weighted by atomic mass is 19.1. The number of urea groups is 1. The molecule has 4 nitrogen and oxygen atoms in total. The van der Waals surface area contributed by atoms with E-state index in [1.165, 1.54) is 24.3 Å². The summed E-state index contributed by atoms with van der Waals surface area (Å²) in [6, 6.07) is 19.4. The van der Waals surface area contributed by atoms with Crippen molar-refractivity contribution >= 4 is 6.03 Å². The van der Waals surface area contributed by atoms with Crippen LogP contribution in [0.5, 0.6) is 0 Å². The largest absolute Gasteiger partial charge is 0.334 e. The first-order chi connectivity index (χ1) is 16.0. The maximum Gasteiger partial charge on any atom is 0.318 e. The number of aromatic nitrogens is 1. The van der Waals surface area contributed by atoms with Gasteiger partial charge in [-0.2, -0.15) is 0 Å². The van der Waals surface area contributed by atoms with E-state index in [0.29, 0.717) is 11.3 Å². The predicted molar refractivity (Wildman–Crippen MR) is 118 cm³/mol. The third kappa shape index (κ3) is 4.09. The van der Waals surface area contributed by atoms with E-state index in [1.807, 2.05) is 47.2 Å². The first-order valence-electron chi connectivity index (χ1n) is 10.5. The maximum atomic E-state index is 14.2. The molecule has 166 valence electrons. The molecule has 0 radical (unpaired) electrons. The number of nitrogens with one attached hydrogen (secondary N) is 1. The molecule has 7 heteroatoms. The number of benzene rings is 3. The van der Waals surface area contributed by atoms with Crippen LogP contribution < -0.4 is 5.32 Å². The normalized spacial score (nSPS) is 14.9. The number of fused-ring (bicyclic) bond motifs is 3. The Bertz CT molecular complexity index is 1300. The molecular formula is C26H20F3N3O. The standard InChI is InChI=1S/C26H20F3N3O/c27-20-9-7-17(8-10-20)15-30-26(33)32-16-18-4-1-2-5-23(18)31-11-3-6-24(31)25(32)19-12-21(28)14-22(29)13-19/h1-14,25H,15-16H2,(H,30,33)/t25-/m0/s1. The molecule has 1 aliphatic heterocycles. The van der Waals surface area contributed by atoms with E-state index in [1.54, 1.807) is 17.0 Å². The van der Waals surface area contributed by atoms with E-state index in [-0.39, 0.29) is 18.9 Å². The van der Waals surface area contributed by atoms with Gasteiger partial charge >= 0.3 is 6.03 Å².